The zero-order valence-corrected chi connectivity index (χ0v) is 15.6. The molecule has 25 heavy (non-hydrogen) atoms. The van der Waals surface area contributed by atoms with E-state index in [1.807, 2.05) is 0 Å². The molecular weight excluding hydrogens is 324 g/mol. The van der Waals surface area contributed by atoms with Gasteiger partial charge in [-0.3, -0.25) is 15.0 Å². The van der Waals surface area contributed by atoms with E-state index in [2.05, 4.69) is 17.7 Å². The molecule has 0 aromatic rings. The van der Waals surface area contributed by atoms with Crippen molar-refractivity contribution in [2.24, 2.45) is 17.1 Å². The number of nitrogens with two attached hydrogens (primary N) is 1. The maximum absolute atomic E-state index is 12.4. The zero-order valence-electron chi connectivity index (χ0n) is 15.6. The molecule has 2 atom stereocenters. The van der Waals surface area contributed by atoms with Crippen molar-refractivity contribution in [1.82, 2.24) is 15.8 Å². The van der Waals surface area contributed by atoms with Gasteiger partial charge in [0.1, 0.15) is 5.60 Å². The molecule has 2 fully saturated rings. The Balaban J connectivity index is 2.00. The number of ether oxygens (including phenoxy) is 1. The van der Waals surface area contributed by atoms with Gasteiger partial charge in [-0.15, -0.1) is 0 Å². The molecule has 1 saturated heterocycles. The van der Waals surface area contributed by atoms with Gasteiger partial charge >= 0.3 is 6.09 Å². The fraction of sp³-hybridized carbons (Fsp3) is 0.824. The first-order valence-corrected chi connectivity index (χ1v) is 8.83. The summed E-state index contributed by atoms with van der Waals surface area (Å²) in [5.74, 6) is -0.931. The van der Waals surface area contributed by atoms with Crippen LogP contribution in [0.5, 0.6) is 0 Å². The highest BCUT2D eigenvalue weighted by Crippen LogP contribution is 2.48. The van der Waals surface area contributed by atoms with Gasteiger partial charge in [0, 0.05) is 6.54 Å². The lowest BCUT2D eigenvalue weighted by atomic mass is 9.99. The van der Waals surface area contributed by atoms with E-state index in [1.54, 1.807) is 20.8 Å². The Morgan fingerprint density at radius 2 is 2.08 bits per heavy atom. The molecule has 1 unspecified atom stereocenters. The van der Waals surface area contributed by atoms with Crippen LogP contribution in [0.3, 0.4) is 0 Å². The van der Waals surface area contributed by atoms with Gasteiger partial charge in [0.2, 0.25) is 5.91 Å². The van der Waals surface area contributed by atoms with Crippen LogP contribution in [0.4, 0.5) is 4.79 Å². The number of nitrogens with one attached hydrogen (secondary N) is 2. The topological polar surface area (TPSA) is 114 Å². The highest BCUT2D eigenvalue weighted by atomic mass is 16.6. The molecular formula is C17H30N4O4. The monoisotopic (exact) mass is 354 g/mol. The Labute approximate surface area is 148 Å². The SMILES string of the molecule is CC1(CC(N)C(=O)NN(C[C@@H]2CCNC2=O)C(=O)OC(C)(C)C)CC1. The van der Waals surface area contributed by atoms with E-state index in [9.17, 15) is 14.4 Å². The Morgan fingerprint density at radius 3 is 2.56 bits per heavy atom. The number of hydrogen-bond donors (Lipinski definition) is 3. The number of nitrogens with zero attached hydrogens (tertiary/aromatic N) is 1. The van der Waals surface area contributed by atoms with E-state index in [0.717, 1.165) is 17.9 Å². The molecule has 4 N–H and O–H groups in total. The fourth-order valence-electron chi connectivity index (χ4n) is 2.78. The highest BCUT2D eigenvalue weighted by Gasteiger charge is 2.40. The minimum Gasteiger partial charge on any atom is -0.442 e. The van der Waals surface area contributed by atoms with Crippen molar-refractivity contribution in [1.29, 1.82) is 0 Å². The Morgan fingerprint density at radius 1 is 1.44 bits per heavy atom. The van der Waals surface area contributed by atoms with Crippen LogP contribution >= 0.6 is 0 Å². The average Bonchev–Trinajstić information content (AvgIpc) is 3.05. The second-order valence-electron chi connectivity index (χ2n) is 8.46. The molecule has 3 amide bonds. The number of carbonyl (C=O) groups is 3. The van der Waals surface area contributed by atoms with Gasteiger partial charge in [0.15, 0.2) is 0 Å². The molecule has 1 heterocycles. The summed E-state index contributed by atoms with van der Waals surface area (Å²) in [6.45, 7) is 7.95. The standard InChI is InChI=1S/C17H30N4O4/c1-16(2,3)25-15(24)21(10-11-5-8-19-13(11)22)20-14(23)12(18)9-17(4)6-7-17/h11-12H,5-10,18H2,1-4H3,(H,19,22)(H,20,23)/t11-,12?/m0/s1. The molecule has 8 heteroatoms. The molecule has 1 aliphatic carbocycles. The van der Waals surface area contributed by atoms with Crippen LogP contribution in [0.25, 0.3) is 0 Å². The quantitative estimate of drug-likeness (QED) is 0.635. The van der Waals surface area contributed by atoms with Gasteiger partial charge in [-0.2, -0.15) is 0 Å². The number of hydrogen-bond acceptors (Lipinski definition) is 5. The molecule has 0 radical (unpaired) electrons. The van der Waals surface area contributed by atoms with Crippen molar-refractivity contribution >= 4 is 17.9 Å². The van der Waals surface area contributed by atoms with Crippen LogP contribution in [0.2, 0.25) is 0 Å². The van der Waals surface area contributed by atoms with Crippen molar-refractivity contribution in [3.63, 3.8) is 0 Å². The van der Waals surface area contributed by atoms with Crippen LogP contribution in [-0.4, -0.2) is 47.6 Å². The van der Waals surface area contributed by atoms with E-state index in [4.69, 9.17) is 10.5 Å². The molecule has 142 valence electrons. The number of hydrazine groups is 1. The van der Waals surface area contributed by atoms with Crippen LogP contribution in [0.15, 0.2) is 0 Å². The average molecular weight is 354 g/mol. The second kappa shape index (κ2) is 7.19. The van der Waals surface area contributed by atoms with Crippen molar-refractivity contribution in [2.45, 2.75) is 65.0 Å². The molecule has 0 spiro atoms. The minimum absolute atomic E-state index is 0.0659. The third-order valence-electron chi connectivity index (χ3n) is 4.58. The van der Waals surface area contributed by atoms with Crippen LogP contribution in [0.1, 0.15) is 53.4 Å². The first-order valence-electron chi connectivity index (χ1n) is 8.83. The molecule has 0 aromatic heterocycles. The summed E-state index contributed by atoms with van der Waals surface area (Å²) >= 11 is 0. The summed E-state index contributed by atoms with van der Waals surface area (Å²) in [4.78, 5) is 36.6. The van der Waals surface area contributed by atoms with Crippen LogP contribution < -0.4 is 16.5 Å². The van der Waals surface area contributed by atoms with Gasteiger partial charge in [0.05, 0.1) is 18.5 Å². The van der Waals surface area contributed by atoms with E-state index in [1.165, 1.54) is 0 Å². The number of rotatable bonds is 5. The predicted octanol–water partition coefficient (Wildman–Crippen LogP) is 0.908. The lowest BCUT2D eigenvalue weighted by Crippen LogP contribution is -2.55. The lowest BCUT2D eigenvalue weighted by Gasteiger charge is -2.29. The van der Waals surface area contributed by atoms with Crippen molar-refractivity contribution in [3.05, 3.63) is 0 Å². The Bertz CT molecular complexity index is 539. The van der Waals surface area contributed by atoms with E-state index >= 15 is 0 Å². The summed E-state index contributed by atoms with van der Waals surface area (Å²) in [5.41, 5.74) is 7.95. The molecule has 2 aliphatic rings. The van der Waals surface area contributed by atoms with Crippen LogP contribution in [-0.2, 0) is 14.3 Å². The van der Waals surface area contributed by atoms with Gasteiger partial charge in [-0.05, 0) is 51.9 Å². The number of carbonyl (C=O) groups excluding carboxylic acids is 3. The van der Waals surface area contributed by atoms with Crippen molar-refractivity contribution in [3.8, 4) is 0 Å². The summed E-state index contributed by atoms with van der Waals surface area (Å²) in [5, 5.41) is 3.80. The minimum atomic E-state index is -0.707. The summed E-state index contributed by atoms with van der Waals surface area (Å²) < 4.78 is 5.34. The van der Waals surface area contributed by atoms with E-state index in [-0.39, 0.29) is 23.8 Å². The summed E-state index contributed by atoms with van der Waals surface area (Å²) in [6, 6.07) is -0.699. The van der Waals surface area contributed by atoms with Gasteiger partial charge < -0.3 is 15.8 Å². The first-order chi connectivity index (χ1) is 11.5. The fourth-order valence-corrected chi connectivity index (χ4v) is 2.78. The number of amides is 3. The molecule has 2 rings (SSSR count). The predicted molar refractivity (Wildman–Crippen MR) is 92.1 cm³/mol. The van der Waals surface area contributed by atoms with Gasteiger partial charge in [-0.1, -0.05) is 6.92 Å². The van der Waals surface area contributed by atoms with Crippen LogP contribution in [0, 0.1) is 11.3 Å². The third kappa shape index (κ3) is 5.88. The van der Waals surface area contributed by atoms with E-state index < -0.39 is 23.6 Å². The third-order valence-corrected chi connectivity index (χ3v) is 4.58. The van der Waals surface area contributed by atoms with E-state index in [0.29, 0.717) is 19.4 Å². The maximum atomic E-state index is 12.4. The first kappa shape index (κ1) is 19.5. The van der Waals surface area contributed by atoms with Crippen molar-refractivity contribution < 1.29 is 19.1 Å². The zero-order chi connectivity index (χ0) is 18.8. The molecule has 8 nitrogen and oxygen atoms in total. The summed E-state index contributed by atoms with van der Waals surface area (Å²) in [6.07, 6.45) is 2.62. The molecule has 1 aliphatic heterocycles. The molecule has 1 saturated carbocycles. The normalized spacial score (nSPS) is 22.8. The largest absolute Gasteiger partial charge is 0.442 e. The maximum Gasteiger partial charge on any atom is 0.429 e. The van der Waals surface area contributed by atoms with Gasteiger partial charge in [-0.25, -0.2) is 9.80 Å². The summed E-state index contributed by atoms with van der Waals surface area (Å²) in [7, 11) is 0. The lowest BCUT2D eigenvalue weighted by molar-refractivity contribution is -0.129. The van der Waals surface area contributed by atoms with Crippen molar-refractivity contribution in [2.75, 3.05) is 13.1 Å². The molecule has 0 aromatic carbocycles. The highest BCUT2D eigenvalue weighted by molar-refractivity contribution is 5.84. The Kier molecular flexibility index (Phi) is 5.61. The molecule has 0 bridgehead atoms. The Hall–Kier alpha value is -1.83. The smallest absolute Gasteiger partial charge is 0.429 e. The van der Waals surface area contributed by atoms with Gasteiger partial charge in [0.25, 0.3) is 5.91 Å². The second-order valence-corrected chi connectivity index (χ2v) is 8.46.